The van der Waals surface area contributed by atoms with E-state index in [0.29, 0.717) is 6.42 Å². The van der Waals surface area contributed by atoms with Crippen LogP contribution in [0.4, 0.5) is 0 Å². The van der Waals surface area contributed by atoms with Gasteiger partial charge in [0, 0.05) is 12.0 Å². The number of aliphatic hydroxyl groups excluding tert-OH is 1. The summed E-state index contributed by atoms with van der Waals surface area (Å²) in [6.07, 6.45) is 2.44. The third kappa shape index (κ3) is 5.70. The second-order valence-electron chi connectivity index (χ2n) is 6.01. The molecule has 0 aliphatic carbocycles. The first-order valence-corrected chi connectivity index (χ1v) is 10.9. The molecule has 120 valence electrons. The minimum atomic E-state index is -1.59. The molecule has 0 saturated heterocycles. The molecule has 0 heterocycles. The van der Waals surface area contributed by atoms with Crippen LogP contribution >= 0.6 is 0 Å². The van der Waals surface area contributed by atoms with Crippen molar-refractivity contribution in [3.63, 3.8) is 0 Å². The van der Waals surface area contributed by atoms with Crippen LogP contribution in [0.2, 0.25) is 18.1 Å². The number of aliphatic hydroxyl groups is 1. The van der Waals surface area contributed by atoms with Gasteiger partial charge in [0.2, 0.25) is 0 Å². The van der Waals surface area contributed by atoms with Gasteiger partial charge in [-0.1, -0.05) is 46.8 Å². The monoisotopic (exact) mass is 300 g/mol. The molecule has 1 N–H and O–H groups in total. The maximum absolute atomic E-state index is 10.5. The van der Waals surface area contributed by atoms with Crippen molar-refractivity contribution < 1.29 is 9.53 Å². The molecule has 0 saturated carbocycles. The van der Waals surface area contributed by atoms with Crippen LogP contribution in [-0.2, 0) is 4.43 Å². The summed E-state index contributed by atoms with van der Waals surface area (Å²) in [4.78, 5) is 0. The Morgan fingerprint density at radius 2 is 1.60 bits per heavy atom. The average molecular weight is 301 g/mol. The van der Waals surface area contributed by atoms with Gasteiger partial charge in [0.25, 0.3) is 0 Å². The summed E-state index contributed by atoms with van der Waals surface area (Å²) in [6.45, 7) is 17.2. The van der Waals surface area contributed by atoms with Gasteiger partial charge in [0.05, 0.1) is 6.10 Å². The summed E-state index contributed by atoms with van der Waals surface area (Å²) in [5.74, 6) is 0.217. The summed E-state index contributed by atoms with van der Waals surface area (Å²) in [6, 6.07) is 3.50. The number of rotatable bonds is 11. The molecule has 0 fully saturated rings. The van der Waals surface area contributed by atoms with E-state index >= 15 is 0 Å². The van der Waals surface area contributed by atoms with E-state index in [9.17, 15) is 5.11 Å². The van der Waals surface area contributed by atoms with Gasteiger partial charge in [-0.05, 0) is 44.3 Å². The fourth-order valence-electron chi connectivity index (χ4n) is 2.99. The van der Waals surface area contributed by atoms with E-state index in [0.717, 1.165) is 18.4 Å². The van der Waals surface area contributed by atoms with Crippen LogP contribution in [0.3, 0.4) is 0 Å². The molecule has 0 bridgehead atoms. The highest BCUT2D eigenvalue weighted by Crippen LogP contribution is 2.29. The topological polar surface area (TPSA) is 29.5 Å². The van der Waals surface area contributed by atoms with Crippen molar-refractivity contribution in [2.45, 2.75) is 91.1 Å². The molecule has 0 unspecified atom stereocenters. The quantitative estimate of drug-likeness (QED) is 0.423. The van der Waals surface area contributed by atoms with Crippen LogP contribution in [0.1, 0.15) is 60.8 Å². The second kappa shape index (κ2) is 9.75. The maximum atomic E-state index is 10.5. The zero-order valence-corrected chi connectivity index (χ0v) is 15.5. The Morgan fingerprint density at radius 1 is 1.10 bits per heavy atom. The van der Waals surface area contributed by atoms with Gasteiger partial charge < -0.3 is 9.53 Å². The molecular weight excluding hydrogens is 264 g/mol. The van der Waals surface area contributed by atoms with Gasteiger partial charge in [0.15, 0.2) is 8.32 Å². The van der Waals surface area contributed by atoms with Crippen LogP contribution in [0.5, 0.6) is 0 Å². The predicted octanol–water partition coefficient (Wildman–Crippen LogP) is 5.14. The van der Waals surface area contributed by atoms with E-state index in [1.54, 1.807) is 0 Å². The van der Waals surface area contributed by atoms with E-state index in [-0.39, 0.29) is 18.1 Å². The molecule has 3 atom stereocenters. The minimum absolute atomic E-state index is 0.145. The Bertz CT molecular complexity index is 266. The third-order valence-corrected chi connectivity index (χ3v) is 9.67. The molecule has 3 heteroatoms. The average Bonchev–Trinajstić information content (AvgIpc) is 2.45. The molecule has 0 spiro atoms. The summed E-state index contributed by atoms with van der Waals surface area (Å²) in [5, 5.41) is 10.5. The Hall–Kier alpha value is -0.123. The molecule has 0 aromatic rings. The van der Waals surface area contributed by atoms with Gasteiger partial charge in [-0.2, -0.15) is 0 Å². The van der Waals surface area contributed by atoms with Crippen molar-refractivity contribution in [3.8, 4) is 0 Å². The van der Waals surface area contributed by atoms with Crippen molar-refractivity contribution in [1.82, 2.24) is 0 Å². The highest BCUT2D eigenvalue weighted by molar-refractivity contribution is 6.73. The third-order valence-electron chi connectivity index (χ3n) is 4.94. The lowest BCUT2D eigenvalue weighted by Gasteiger charge is -2.37. The summed E-state index contributed by atoms with van der Waals surface area (Å²) >= 11 is 0. The van der Waals surface area contributed by atoms with Gasteiger partial charge in [-0.3, -0.25) is 0 Å². The SMILES string of the molecule is C=C(CC)C[C@@H](O)[C@H](CC)[C@@H](C)O[Si](CC)(CC)CC. The molecular formula is C17H36O2Si. The van der Waals surface area contributed by atoms with Crippen LogP contribution in [-0.4, -0.2) is 25.6 Å². The van der Waals surface area contributed by atoms with Gasteiger partial charge >= 0.3 is 0 Å². The summed E-state index contributed by atoms with van der Waals surface area (Å²) < 4.78 is 6.52. The lowest BCUT2D eigenvalue weighted by molar-refractivity contribution is 0.0268. The lowest BCUT2D eigenvalue weighted by Crippen LogP contribution is -2.43. The van der Waals surface area contributed by atoms with Crippen molar-refractivity contribution in [3.05, 3.63) is 12.2 Å². The van der Waals surface area contributed by atoms with Gasteiger partial charge in [0.1, 0.15) is 0 Å². The molecule has 0 aromatic heterocycles. The number of hydrogen-bond donors (Lipinski definition) is 1. The first kappa shape index (κ1) is 19.9. The molecule has 2 nitrogen and oxygen atoms in total. The molecule has 0 aliphatic heterocycles. The fraction of sp³-hybridized carbons (Fsp3) is 0.882. The molecule has 0 rings (SSSR count). The molecule has 0 amide bonds. The molecule has 0 aliphatic rings. The van der Waals surface area contributed by atoms with Crippen molar-refractivity contribution in [2.24, 2.45) is 5.92 Å². The van der Waals surface area contributed by atoms with Crippen molar-refractivity contribution in [2.75, 3.05) is 0 Å². The zero-order chi connectivity index (χ0) is 15.8. The smallest absolute Gasteiger partial charge is 0.192 e. The Balaban J connectivity index is 4.75. The van der Waals surface area contributed by atoms with Crippen LogP contribution < -0.4 is 0 Å². The van der Waals surface area contributed by atoms with E-state index in [1.807, 2.05) is 0 Å². The maximum Gasteiger partial charge on any atom is 0.192 e. The van der Waals surface area contributed by atoms with Gasteiger partial charge in [-0.15, -0.1) is 0 Å². The molecule has 0 radical (unpaired) electrons. The van der Waals surface area contributed by atoms with Crippen molar-refractivity contribution >= 4 is 8.32 Å². The second-order valence-corrected chi connectivity index (χ2v) is 10.7. The van der Waals surface area contributed by atoms with E-state index in [2.05, 4.69) is 48.1 Å². The minimum Gasteiger partial charge on any atom is -0.414 e. The predicted molar refractivity (Wildman–Crippen MR) is 91.6 cm³/mol. The van der Waals surface area contributed by atoms with Crippen LogP contribution in [0, 0.1) is 5.92 Å². The Labute approximate surface area is 127 Å². The highest BCUT2D eigenvalue weighted by atomic mass is 28.4. The normalized spacial score (nSPS) is 16.8. The fourth-order valence-corrected chi connectivity index (χ4v) is 5.95. The standard InChI is InChI=1S/C17H36O2Si/c1-8-14(6)13-17(18)16(9-2)15(7)19-20(10-3,11-4)12-5/h15-18H,6,8-13H2,1-5,7H3/t15-,16-,17-/m1/s1. The first-order chi connectivity index (χ1) is 9.39. The number of hydrogen-bond acceptors (Lipinski definition) is 2. The summed E-state index contributed by atoms with van der Waals surface area (Å²) in [7, 11) is -1.59. The summed E-state index contributed by atoms with van der Waals surface area (Å²) in [5.41, 5.74) is 1.13. The van der Waals surface area contributed by atoms with E-state index in [1.165, 1.54) is 18.1 Å². The van der Waals surface area contributed by atoms with Crippen LogP contribution in [0.15, 0.2) is 12.2 Å². The molecule has 20 heavy (non-hydrogen) atoms. The lowest BCUT2D eigenvalue weighted by atomic mass is 9.90. The Morgan fingerprint density at radius 3 is 1.95 bits per heavy atom. The molecule has 0 aromatic carbocycles. The Kier molecular flexibility index (Phi) is 9.69. The van der Waals surface area contributed by atoms with Gasteiger partial charge in [-0.25, -0.2) is 0 Å². The van der Waals surface area contributed by atoms with E-state index in [4.69, 9.17) is 4.43 Å². The largest absolute Gasteiger partial charge is 0.414 e. The van der Waals surface area contributed by atoms with Crippen molar-refractivity contribution in [1.29, 1.82) is 0 Å². The zero-order valence-electron chi connectivity index (χ0n) is 14.5. The van der Waals surface area contributed by atoms with Crippen LogP contribution in [0.25, 0.3) is 0 Å². The highest BCUT2D eigenvalue weighted by Gasteiger charge is 2.34. The van der Waals surface area contributed by atoms with E-state index < -0.39 is 8.32 Å². The first-order valence-electron chi connectivity index (χ1n) is 8.42.